The van der Waals surface area contributed by atoms with Crippen molar-refractivity contribution < 1.29 is 19.1 Å². The second-order valence-electron chi connectivity index (χ2n) is 16.0. The second kappa shape index (κ2) is 18.2. The first-order valence-electron chi connectivity index (χ1n) is 19.0. The molecule has 2 amide bonds. The second-order valence-corrected chi connectivity index (χ2v) is 16.4. The highest BCUT2D eigenvalue weighted by atomic mass is 35.5. The number of rotatable bonds is 17. The molecule has 0 atom stereocenters. The van der Waals surface area contributed by atoms with E-state index in [1.54, 1.807) is 39.0 Å². The maximum absolute atomic E-state index is 13.7. The summed E-state index contributed by atoms with van der Waals surface area (Å²) in [7, 11) is 0. The van der Waals surface area contributed by atoms with Crippen molar-refractivity contribution in [3.8, 4) is 5.75 Å². The summed E-state index contributed by atoms with van der Waals surface area (Å²) in [6.45, 7) is 26.8. The number of ketones is 1. The van der Waals surface area contributed by atoms with E-state index in [1.165, 1.54) is 11.1 Å². The van der Waals surface area contributed by atoms with Gasteiger partial charge in [-0.05, 0) is 104 Å². The molecule has 0 aliphatic rings. The molecule has 3 aromatic rings. The molecule has 0 aliphatic heterocycles. The fourth-order valence-electron chi connectivity index (χ4n) is 5.75. The third-order valence-electron chi connectivity index (χ3n) is 10.2. The minimum Gasteiger partial charge on any atom is -0.493 e. The van der Waals surface area contributed by atoms with Crippen LogP contribution in [0.25, 0.3) is 0 Å². The van der Waals surface area contributed by atoms with Crippen LogP contribution in [0.5, 0.6) is 5.75 Å². The van der Waals surface area contributed by atoms with E-state index in [1.807, 2.05) is 25.1 Å². The molecule has 0 spiro atoms. The van der Waals surface area contributed by atoms with Crippen molar-refractivity contribution in [2.45, 2.75) is 120 Å². The van der Waals surface area contributed by atoms with Crippen LogP contribution < -0.4 is 20.3 Å². The molecule has 0 aromatic heterocycles. The number of Topliss-reactive ketones (excluding diaryl/α,β-unsaturated/α-hetero) is 1. The van der Waals surface area contributed by atoms with Crippen LogP contribution in [-0.2, 0) is 25.2 Å². The largest absolute Gasteiger partial charge is 0.493 e. The molecule has 0 fully saturated rings. The predicted octanol–water partition coefficient (Wildman–Crippen LogP) is 11.0. The number of hydrogen-bond acceptors (Lipinski definition) is 6. The van der Waals surface area contributed by atoms with E-state index in [2.05, 4.69) is 94.1 Å². The Bertz CT molecular complexity index is 1800. The van der Waals surface area contributed by atoms with E-state index in [0.717, 1.165) is 42.9 Å². The van der Waals surface area contributed by atoms with Gasteiger partial charge >= 0.3 is 0 Å². The highest BCUT2D eigenvalue weighted by Gasteiger charge is 2.32. The highest BCUT2D eigenvalue weighted by molar-refractivity contribution is 6.68. The molecule has 8 nitrogen and oxygen atoms in total. The molecule has 0 aliphatic carbocycles. The summed E-state index contributed by atoms with van der Waals surface area (Å²) in [5.74, 6) is -0.436. The molecule has 9 heteroatoms. The van der Waals surface area contributed by atoms with Gasteiger partial charge in [0, 0.05) is 41.9 Å². The molecule has 0 saturated carbocycles. The van der Waals surface area contributed by atoms with Crippen molar-refractivity contribution in [1.82, 2.24) is 0 Å². The zero-order chi connectivity index (χ0) is 39.7. The van der Waals surface area contributed by atoms with Crippen molar-refractivity contribution in [1.29, 1.82) is 0 Å². The normalized spacial score (nSPS) is 12.4. The molecule has 0 heterocycles. The van der Waals surface area contributed by atoms with Crippen LogP contribution in [0.1, 0.15) is 119 Å². The van der Waals surface area contributed by atoms with E-state index in [0.29, 0.717) is 24.4 Å². The van der Waals surface area contributed by atoms with Crippen LogP contribution in [0.15, 0.2) is 59.6 Å². The maximum Gasteiger partial charge on any atom is 0.278 e. The molecule has 53 heavy (non-hydrogen) atoms. The van der Waals surface area contributed by atoms with Crippen molar-refractivity contribution in [2.75, 3.05) is 35.2 Å². The minimum atomic E-state index is -0.863. The summed E-state index contributed by atoms with van der Waals surface area (Å²) >= 11 is 6.50. The van der Waals surface area contributed by atoms with Crippen LogP contribution in [0.4, 0.5) is 22.7 Å². The number of anilines is 3. The standard InChI is InChI=1S/C44H61ClN4O4/c1-13-43(9,10)30-19-24-37(33(27-30)44(11,12)14-2)53-25-17-18-38(50)46-31-20-22-34(45)36(28-31)48-41(52)39(40(51)42(6,7)8)47-35-23-21-32(26-29(35)5)49(15-3)16-4/h19-24,26-28H,13-18,25H2,1-12H3,(H,46,50)(H,48,52). The van der Waals surface area contributed by atoms with Crippen molar-refractivity contribution >= 4 is 57.7 Å². The van der Waals surface area contributed by atoms with Crippen LogP contribution >= 0.6 is 11.6 Å². The Morgan fingerprint density at radius 1 is 0.811 bits per heavy atom. The zero-order valence-electron chi connectivity index (χ0n) is 34.1. The Hall–Kier alpha value is -4.17. The van der Waals surface area contributed by atoms with Gasteiger partial charge < -0.3 is 20.3 Å². The van der Waals surface area contributed by atoms with E-state index >= 15 is 0 Å². The lowest BCUT2D eigenvalue weighted by atomic mass is 9.76. The Labute approximate surface area is 323 Å². The first kappa shape index (κ1) is 43.2. The van der Waals surface area contributed by atoms with Gasteiger partial charge in [0.05, 0.1) is 23.0 Å². The van der Waals surface area contributed by atoms with Crippen LogP contribution in [0, 0.1) is 12.3 Å². The molecule has 3 rings (SSSR count). The summed E-state index contributed by atoms with van der Waals surface area (Å²) in [6.07, 6.45) is 2.76. The van der Waals surface area contributed by atoms with Crippen LogP contribution in [0.2, 0.25) is 5.02 Å². The molecule has 0 bridgehead atoms. The molecule has 0 saturated heterocycles. The number of aryl methyl sites for hydroxylation is 1. The first-order valence-corrected chi connectivity index (χ1v) is 19.3. The van der Waals surface area contributed by atoms with Gasteiger partial charge in [-0.25, -0.2) is 4.99 Å². The number of carbonyl (C=O) groups is 3. The Kier molecular flexibility index (Phi) is 14.9. The van der Waals surface area contributed by atoms with E-state index in [-0.39, 0.29) is 39.6 Å². The molecule has 0 radical (unpaired) electrons. The molecule has 0 unspecified atom stereocenters. The van der Waals surface area contributed by atoms with Gasteiger partial charge in [-0.3, -0.25) is 14.4 Å². The van der Waals surface area contributed by atoms with Gasteiger partial charge in [0.15, 0.2) is 11.5 Å². The predicted molar refractivity (Wildman–Crippen MR) is 223 cm³/mol. The number of halogens is 1. The summed E-state index contributed by atoms with van der Waals surface area (Å²) in [5.41, 5.74) is 4.52. The smallest absolute Gasteiger partial charge is 0.278 e. The Morgan fingerprint density at radius 3 is 2.06 bits per heavy atom. The molecular formula is C44H61ClN4O4. The number of benzene rings is 3. The van der Waals surface area contributed by atoms with E-state index in [9.17, 15) is 14.4 Å². The third kappa shape index (κ3) is 11.4. The Morgan fingerprint density at radius 2 is 1.47 bits per heavy atom. The maximum atomic E-state index is 13.7. The molecule has 2 N–H and O–H groups in total. The summed E-state index contributed by atoms with van der Waals surface area (Å²) < 4.78 is 6.26. The van der Waals surface area contributed by atoms with Crippen molar-refractivity contribution in [2.24, 2.45) is 10.4 Å². The number of amides is 2. The van der Waals surface area contributed by atoms with Crippen molar-refractivity contribution in [3.63, 3.8) is 0 Å². The number of carbonyl (C=O) groups excluding carboxylic acids is 3. The van der Waals surface area contributed by atoms with Gasteiger partial charge in [0.2, 0.25) is 5.91 Å². The lowest BCUT2D eigenvalue weighted by Gasteiger charge is -2.30. The van der Waals surface area contributed by atoms with Gasteiger partial charge in [0.1, 0.15) is 5.75 Å². The topological polar surface area (TPSA) is 100 Å². The lowest BCUT2D eigenvalue weighted by molar-refractivity contribution is -0.121. The van der Waals surface area contributed by atoms with Gasteiger partial charge in [-0.1, -0.05) is 86.0 Å². The summed E-state index contributed by atoms with van der Waals surface area (Å²) in [4.78, 5) is 47.1. The molecule has 288 valence electrons. The number of hydrogen-bond donors (Lipinski definition) is 2. The Balaban J connectivity index is 1.73. The quantitative estimate of drug-likeness (QED) is 0.0814. The minimum absolute atomic E-state index is 0.0589. The van der Waals surface area contributed by atoms with Crippen LogP contribution in [0.3, 0.4) is 0 Å². The highest BCUT2D eigenvalue weighted by Crippen LogP contribution is 2.38. The number of ether oxygens (including phenoxy) is 1. The molecular weight excluding hydrogens is 684 g/mol. The average Bonchev–Trinajstić information content (AvgIpc) is 3.10. The average molecular weight is 745 g/mol. The fraction of sp³-hybridized carbons (Fsp3) is 0.500. The molecule has 3 aromatic carbocycles. The number of nitrogens with one attached hydrogen (secondary N) is 2. The van der Waals surface area contributed by atoms with Gasteiger partial charge in [-0.15, -0.1) is 0 Å². The zero-order valence-corrected chi connectivity index (χ0v) is 34.8. The SMILES string of the molecule is CCN(CC)c1ccc(N=C(C(=O)Nc2cc(NC(=O)CCCOc3ccc(C(C)(C)CC)cc3C(C)(C)CC)ccc2Cl)C(=O)C(C)(C)C)c(C)c1. The summed E-state index contributed by atoms with van der Waals surface area (Å²) in [5, 5.41) is 5.93. The third-order valence-corrected chi connectivity index (χ3v) is 10.5. The van der Waals surface area contributed by atoms with Gasteiger partial charge in [-0.2, -0.15) is 0 Å². The number of nitrogens with zero attached hydrogens (tertiary/aromatic N) is 2. The van der Waals surface area contributed by atoms with E-state index in [4.69, 9.17) is 16.3 Å². The summed E-state index contributed by atoms with van der Waals surface area (Å²) in [6, 6.07) is 17.1. The lowest BCUT2D eigenvalue weighted by Crippen LogP contribution is -2.37. The van der Waals surface area contributed by atoms with Crippen LogP contribution in [-0.4, -0.2) is 43.0 Å². The number of aliphatic imine (C=N–C) groups is 1. The monoisotopic (exact) mass is 744 g/mol. The van der Waals surface area contributed by atoms with E-state index < -0.39 is 17.1 Å². The van der Waals surface area contributed by atoms with Crippen molar-refractivity contribution in [3.05, 3.63) is 76.3 Å². The van der Waals surface area contributed by atoms with Gasteiger partial charge in [0.25, 0.3) is 5.91 Å². The first-order chi connectivity index (χ1) is 24.8. The fourth-order valence-corrected chi connectivity index (χ4v) is 5.91.